The lowest BCUT2D eigenvalue weighted by molar-refractivity contribution is 0.487. The minimum absolute atomic E-state index is 0.848. The Morgan fingerprint density at radius 2 is 0.375 bits per heavy atom. The van der Waals surface area contributed by atoms with E-state index in [0.717, 1.165) is 136 Å². The van der Waals surface area contributed by atoms with Gasteiger partial charge >= 0.3 is 0 Å². The molecule has 24 aromatic rings. The van der Waals surface area contributed by atoms with Gasteiger partial charge in [0.05, 0.1) is 44.1 Å². The van der Waals surface area contributed by atoms with E-state index in [2.05, 4.69) is 477 Å². The molecule has 2 aliphatic rings. The number of hydrogen-bond donors (Lipinski definition) is 0. The van der Waals surface area contributed by atoms with Gasteiger partial charge in [0.25, 0.3) is 0 Å². The fourth-order valence-electron chi connectivity index (χ4n) is 20.0. The summed E-state index contributed by atoms with van der Waals surface area (Å²) in [6, 6.07) is 170. The van der Waals surface area contributed by atoms with Gasteiger partial charge in [0.2, 0.25) is 0 Å². The van der Waals surface area contributed by atoms with Gasteiger partial charge in [-0.2, -0.15) is 0 Å². The molecule has 8 nitrogen and oxygen atoms in total. The topological polar surface area (TPSA) is 44.7 Å². The van der Waals surface area contributed by atoms with Crippen molar-refractivity contribution in [3.63, 3.8) is 0 Å². The van der Waals surface area contributed by atoms with Gasteiger partial charge in [-0.15, -0.1) is 0 Å². The van der Waals surface area contributed by atoms with E-state index < -0.39 is 0 Å². The molecule has 0 radical (unpaired) electrons. The van der Waals surface area contributed by atoms with Crippen LogP contribution in [0.1, 0.15) is 0 Å². The third kappa shape index (κ3) is 12.3. The van der Waals surface area contributed by atoms with Crippen LogP contribution in [0.15, 0.2) is 473 Å². The first-order chi connectivity index (χ1) is 63.5. The van der Waals surface area contributed by atoms with Crippen molar-refractivity contribution in [2.75, 3.05) is 9.80 Å². The van der Waals surface area contributed by atoms with Crippen molar-refractivity contribution in [1.82, 2.24) is 18.3 Å². The summed E-state index contributed by atoms with van der Waals surface area (Å²) in [5, 5.41) is 9.74. The molecule has 128 heavy (non-hydrogen) atoms. The summed E-state index contributed by atoms with van der Waals surface area (Å²) in [6.45, 7) is 0. The van der Waals surface area contributed by atoms with Gasteiger partial charge in [0.15, 0.2) is 0 Å². The third-order valence-electron chi connectivity index (χ3n) is 25.8. The first-order valence-electron chi connectivity index (χ1n) is 43.7. The van der Waals surface area contributed by atoms with E-state index in [4.69, 9.17) is 9.47 Å². The summed E-state index contributed by atoms with van der Waals surface area (Å²) in [5.41, 5.74) is 34.1. The predicted molar refractivity (Wildman–Crippen MR) is 532 cm³/mol. The standard InChI is InChI=1S/2C60H39N3O/c1-3-15-42(16-4-1)62-55-23-11-7-19-48(55)53-37-41(29-35-57(53)62)40-27-30-44(31-28-40)61(45-32-34-47-50-21-9-13-25-59(50)64-60-26-14-10-22-51(60)52(47)38-45)46-33-36-58-54(39-46)49-20-8-12-24-56(49)63(58)43-17-5-2-6-18-43;1-3-15-42(16-4-1)62-55-23-11-7-19-48(55)53-38-45(32-35-57(53)62)61(46-33-36-58-54(39-46)49-20-8-12-24-56(49)63(58)43-17-5-2-6-18-43)44-30-27-40(28-31-44)41-29-34-47-50-21-9-13-25-59(50)64-60-26-14-10-22-51(60)52(47)37-41/h2*1-39H. The quantitative estimate of drug-likeness (QED) is 0.122. The maximum atomic E-state index is 6.59. The molecule has 20 aromatic carbocycles. The van der Waals surface area contributed by atoms with Crippen molar-refractivity contribution < 1.29 is 9.47 Å². The van der Waals surface area contributed by atoms with Crippen LogP contribution in [0, 0.1) is 0 Å². The number of rotatable bonds is 12. The molecule has 8 heteroatoms. The Labute approximate surface area is 739 Å². The van der Waals surface area contributed by atoms with Gasteiger partial charge in [-0.25, -0.2) is 0 Å². The molecule has 600 valence electrons. The zero-order valence-corrected chi connectivity index (χ0v) is 69.5. The Kier molecular flexibility index (Phi) is 17.5. The van der Waals surface area contributed by atoms with Crippen molar-refractivity contribution in [2.24, 2.45) is 0 Å². The van der Waals surface area contributed by atoms with Crippen molar-refractivity contribution in [1.29, 1.82) is 0 Å². The van der Waals surface area contributed by atoms with Crippen LogP contribution < -0.4 is 19.3 Å². The molecular weight excluding hydrogens is 1560 g/mol. The molecule has 0 spiro atoms. The number of fused-ring (bicyclic) bond motifs is 22. The molecule has 6 heterocycles. The monoisotopic (exact) mass is 1630 g/mol. The highest BCUT2D eigenvalue weighted by Crippen LogP contribution is 2.53. The Balaban J connectivity index is 0.000000139. The number of hydrogen-bond acceptors (Lipinski definition) is 4. The van der Waals surface area contributed by atoms with Crippen LogP contribution in [0.5, 0.6) is 23.0 Å². The molecule has 0 aliphatic carbocycles. The lowest BCUT2D eigenvalue weighted by Gasteiger charge is -2.27. The second kappa shape index (κ2) is 30.4. The molecule has 0 fully saturated rings. The molecule has 0 saturated carbocycles. The highest BCUT2D eigenvalue weighted by molar-refractivity contribution is 6.15. The first kappa shape index (κ1) is 73.5. The smallest absolute Gasteiger partial charge is 0.135 e. The van der Waals surface area contributed by atoms with Crippen molar-refractivity contribution >= 4 is 121 Å². The molecule has 2 aliphatic heterocycles. The van der Waals surface area contributed by atoms with Crippen LogP contribution >= 0.6 is 0 Å². The predicted octanol–water partition coefficient (Wildman–Crippen LogP) is 32.9. The fraction of sp³-hybridized carbons (Fsp3) is 0. The summed E-state index contributed by atoms with van der Waals surface area (Å²) < 4.78 is 22.6. The summed E-state index contributed by atoms with van der Waals surface area (Å²) in [6.07, 6.45) is 0. The molecule has 0 saturated heterocycles. The van der Waals surface area contributed by atoms with Crippen molar-refractivity contribution in [2.45, 2.75) is 0 Å². The first-order valence-corrected chi connectivity index (χ1v) is 43.7. The number of ether oxygens (including phenoxy) is 2. The highest BCUT2D eigenvalue weighted by atomic mass is 16.5. The molecule has 0 N–H and O–H groups in total. The van der Waals surface area contributed by atoms with E-state index in [1.807, 2.05) is 24.3 Å². The van der Waals surface area contributed by atoms with Crippen molar-refractivity contribution in [3.05, 3.63) is 473 Å². The summed E-state index contributed by atoms with van der Waals surface area (Å²) >= 11 is 0. The zero-order valence-electron chi connectivity index (χ0n) is 69.5. The maximum Gasteiger partial charge on any atom is 0.135 e. The van der Waals surface area contributed by atoms with E-state index in [1.54, 1.807) is 0 Å². The minimum Gasteiger partial charge on any atom is -0.456 e. The van der Waals surface area contributed by atoms with Crippen LogP contribution in [-0.2, 0) is 0 Å². The molecule has 0 atom stereocenters. The van der Waals surface area contributed by atoms with Gasteiger partial charge in [0, 0.05) is 122 Å². The Morgan fingerprint density at radius 3 is 0.734 bits per heavy atom. The normalized spacial score (nSPS) is 11.9. The lowest BCUT2D eigenvalue weighted by Crippen LogP contribution is -2.10. The highest BCUT2D eigenvalue weighted by Gasteiger charge is 2.28. The van der Waals surface area contributed by atoms with Crippen LogP contribution in [0.2, 0.25) is 0 Å². The van der Waals surface area contributed by atoms with Gasteiger partial charge in [-0.05, 0) is 251 Å². The molecule has 26 rings (SSSR count). The van der Waals surface area contributed by atoms with E-state index >= 15 is 0 Å². The maximum absolute atomic E-state index is 6.59. The average molecular weight is 1640 g/mol. The second-order valence-electron chi connectivity index (χ2n) is 33.0. The molecule has 0 bridgehead atoms. The minimum atomic E-state index is 0.848. The van der Waals surface area contributed by atoms with Gasteiger partial charge in [-0.1, -0.05) is 267 Å². The number of anilines is 6. The van der Waals surface area contributed by atoms with Crippen molar-refractivity contribution in [3.8, 4) is 113 Å². The number of benzene rings is 20. The fourth-order valence-corrected chi connectivity index (χ4v) is 20.0. The average Bonchev–Trinajstić information content (AvgIpc) is 1.53. The number of aromatic nitrogens is 4. The second-order valence-corrected chi connectivity index (χ2v) is 33.0. The van der Waals surface area contributed by atoms with E-state index in [0.29, 0.717) is 0 Å². The summed E-state index contributed by atoms with van der Waals surface area (Å²) in [7, 11) is 0. The Bertz CT molecular complexity index is 8340. The Hall–Kier alpha value is -17.2. The molecule has 0 amide bonds. The molecule has 0 unspecified atom stereocenters. The number of para-hydroxylation sites is 12. The SMILES string of the molecule is c1ccc(-n2c3ccccc3c3cc(-c4ccc(N(c5ccc6c(c5)-c5ccccc5Oc5ccccc5-6)c5ccc6c(c5)c5ccccc5n6-c5ccccc5)cc4)ccc32)cc1.c1ccc(-n2c3ccccc3c3cc(N(c4ccc(-c5ccc6c(c5)-c5ccccc5Oc5ccccc5-6)cc4)c4ccc5c(c4)c4ccccc4n5-c4ccccc4)ccc32)cc1. The van der Waals surface area contributed by atoms with Gasteiger partial charge < -0.3 is 37.5 Å². The zero-order chi connectivity index (χ0) is 84.3. The number of nitrogens with zero attached hydrogens (tertiary/aromatic N) is 6. The van der Waals surface area contributed by atoms with E-state index in [9.17, 15) is 0 Å². The van der Waals surface area contributed by atoms with Crippen LogP contribution in [0.25, 0.3) is 177 Å². The molecule has 4 aromatic heterocycles. The Morgan fingerprint density at radius 1 is 0.141 bits per heavy atom. The van der Waals surface area contributed by atoms with Gasteiger partial charge in [-0.3, -0.25) is 0 Å². The largest absolute Gasteiger partial charge is 0.456 e. The third-order valence-corrected chi connectivity index (χ3v) is 25.8. The van der Waals surface area contributed by atoms with Crippen LogP contribution in [-0.4, -0.2) is 18.3 Å². The van der Waals surface area contributed by atoms with E-state index in [1.165, 1.54) is 98.4 Å². The lowest BCUT2D eigenvalue weighted by atomic mass is 9.91. The van der Waals surface area contributed by atoms with Crippen LogP contribution in [0.3, 0.4) is 0 Å². The summed E-state index contributed by atoms with van der Waals surface area (Å²) in [5.74, 6) is 3.44. The van der Waals surface area contributed by atoms with Gasteiger partial charge in [0.1, 0.15) is 23.0 Å². The summed E-state index contributed by atoms with van der Waals surface area (Å²) in [4.78, 5) is 4.81. The van der Waals surface area contributed by atoms with Crippen LogP contribution in [0.4, 0.5) is 34.1 Å². The molecular formula is C120H78N6O2. The van der Waals surface area contributed by atoms with E-state index in [-0.39, 0.29) is 0 Å².